The highest BCUT2D eigenvalue weighted by Crippen LogP contribution is 2.44. The molecule has 4 rings (SSSR count). The standard InChI is InChI=1S/C27H26ClNO4/c1-3-14-29(25(26(30)31)18-13-12-17(2)24(28)15-18)27(32)33-16-23-21-10-6-4-8-19(21)20-9-5-7-11-22(20)23/h4-13,15,23,25H,3,14,16H2,1-2H3,(H,30,31). The van der Waals surface area contributed by atoms with Crippen LogP contribution in [0.25, 0.3) is 11.1 Å². The van der Waals surface area contributed by atoms with Gasteiger partial charge in [-0.05, 0) is 52.8 Å². The zero-order chi connectivity index (χ0) is 23.5. The van der Waals surface area contributed by atoms with Crippen LogP contribution in [0.15, 0.2) is 66.7 Å². The molecular formula is C27H26ClNO4. The second kappa shape index (κ2) is 9.67. The molecule has 3 aromatic rings. The average molecular weight is 464 g/mol. The highest BCUT2D eigenvalue weighted by Gasteiger charge is 2.34. The lowest BCUT2D eigenvalue weighted by molar-refractivity contribution is -0.143. The maximum absolute atomic E-state index is 13.2. The Morgan fingerprint density at radius 2 is 1.64 bits per heavy atom. The van der Waals surface area contributed by atoms with E-state index in [2.05, 4.69) is 12.1 Å². The van der Waals surface area contributed by atoms with Gasteiger partial charge in [-0.3, -0.25) is 4.90 Å². The summed E-state index contributed by atoms with van der Waals surface area (Å²) in [5.41, 5.74) is 5.77. The Kier molecular flexibility index (Phi) is 6.70. The van der Waals surface area contributed by atoms with Crippen molar-refractivity contribution in [1.29, 1.82) is 0 Å². The van der Waals surface area contributed by atoms with Crippen molar-refractivity contribution in [2.75, 3.05) is 13.2 Å². The fraction of sp³-hybridized carbons (Fsp3) is 0.259. The third-order valence-corrected chi connectivity index (χ3v) is 6.50. The molecule has 1 atom stereocenters. The molecule has 6 heteroatoms. The topological polar surface area (TPSA) is 66.8 Å². The lowest BCUT2D eigenvalue weighted by Crippen LogP contribution is -2.40. The summed E-state index contributed by atoms with van der Waals surface area (Å²) in [5, 5.41) is 10.4. The lowest BCUT2D eigenvalue weighted by atomic mass is 9.98. The van der Waals surface area contributed by atoms with Crippen LogP contribution in [0.2, 0.25) is 5.02 Å². The quantitative estimate of drug-likeness (QED) is 0.438. The predicted octanol–water partition coefficient (Wildman–Crippen LogP) is 6.44. The van der Waals surface area contributed by atoms with Gasteiger partial charge in [0.2, 0.25) is 0 Å². The number of halogens is 1. The minimum Gasteiger partial charge on any atom is -0.479 e. The molecule has 0 saturated heterocycles. The maximum atomic E-state index is 13.2. The van der Waals surface area contributed by atoms with Crippen LogP contribution < -0.4 is 0 Å². The van der Waals surface area contributed by atoms with E-state index in [1.54, 1.807) is 18.2 Å². The molecule has 1 aliphatic rings. The molecule has 3 aromatic carbocycles. The van der Waals surface area contributed by atoms with E-state index in [9.17, 15) is 14.7 Å². The van der Waals surface area contributed by atoms with Gasteiger partial charge in [-0.25, -0.2) is 9.59 Å². The van der Waals surface area contributed by atoms with E-state index in [1.807, 2.05) is 50.2 Å². The minimum absolute atomic E-state index is 0.0954. The third-order valence-electron chi connectivity index (χ3n) is 6.09. The van der Waals surface area contributed by atoms with Crippen LogP contribution >= 0.6 is 11.6 Å². The largest absolute Gasteiger partial charge is 0.479 e. The number of hydrogen-bond acceptors (Lipinski definition) is 3. The molecular weight excluding hydrogens is 438 g/mol. The van der Waals surface area contributed by atoms with Crippen LogP contribution in [0.5, 0.6) is 0 Å². The Balaban J connectivity index is 1.59. The van der Waals surface area contributed by atoms with E-state index in [0.717, 1.165) is 27.8 Å². The van der Waals surface area contributed by atoms with Crippen molar-refractivity contribution in [2.45, 2.75) is 32.2 Å². The number of rotatable bonds is 7. The van der Waals surface area contributed by atoms with Gasteiger partial charge in [-0.1, -0.05) is 79.2 Å². The van der Waals surface area contributed by atoms with Gasteiger partial charge in [-0.15, -0.1) is 0 Å². The first-order chi connectivity index (χ1) is 15.9. The number of carboxylic acid groups (broad SMARTS) is 1. The molecule has 1 aliphatic carbocycles. The fourth-order valence-corrected chi connectivity index (χ4v) is 4.67. The highest BCUT2D eigenvalue weighted by molar-refractivity contribution is 6.31. The normalized spacial score (nSPS) is 13.2. The Morgan fingerprint density at radius 1 is 1.03 bits per heavy atom. The number of ether oxygens (including phenoxy) is 1. The van der Waals surface area contributed by atoms with Gasteiger partial charge >= 0.3 is 12.1 Å². The average Bonchev–Trinajstić information content (AvgIpc) is 3.13. The van der Waals surface area contributed by atoms with Crippen LogP contribution in [-0.4, -0.2) is 35.2 Å². The Bertz CT molecular complexity index is 1150. The molecule has 1 amide bonds. The highest BCUT2D eigenvalue weighted by atomic mass is 35.5. The molecule has 5 nitrogen and oxygen atoms in total. The molecule has 0 aromatic heterocycles. The van der Waals surface area contributed by atoms with E-state index in [-0.39, 0.29) is 19.1 Å². The van der Waals surface area contributed by atoms with E-state index < -0.39 is 18.1 Å². The van der Waals surface area contributed by atoms with Crippen molar-refractivity contribution >= 4 is 23.7 Å². The van der Waals surface area contributed by atoms with Crippen molar-refractivity contribution in [1.82, 2.24) is 4.90 Å². The van der Waals surface area contributed by atoms with Gasteiger partial charge in [0.1, 0.15) is 6.61 Å². The second-order valence-corrected chi connectivity index (χ2v) is 8.65. The predicted molar refractivity (Wildman–Crippen MR) is 129 cm³/mol. The zero-order valence-electron chi connectivity index (χ0n) is 18.6. The second-order valence-electron chi connectivity index (χ2n) is 8.25. The smallest absolute Gasteiger partial charge is 0.410 e. The van der Waals surface area contributed by atoms with Crippen molar-refractivity contribution < 1.29 is 19.4 Å². The maximum Gasteiger partial charge on any atom is 0.410 e. The number of carbonyl (C=O) groups excluding carboxylic acids is 1. The first-order valence-corrected chi connectivity index (χ1v) is 11.4. The Hall–Kier alpha value is -3.31. The van der Waals surface area contributed by atoms with Crippen LogP contribution in [0.4, 0.5) is 4.79 Å². The van der Waals surface area contributed by atoms with E-state index in [4.69, 9.17) is 16.3 Å². The van der Waals surface area contributed by atoms with Crippen LogP contribution in [-0.2, 0) is 9.53 Å². The van der Waals surface area contributed by atoms with Crippen molar-refractivity contribution in [3.8, 4) is 11.1 Å². The molecule has 1 N–H and O–H groups in total. The number of nitrogens with zero attached hydrogens (tertiary/aromatic N) is 1. The summed E-state index contributed by atoms with van der Waals surface area (Å²) in [6.45, 7) is 4.12. The van der Waals surface area contributed by atoms with Crippen molar-refractivity contribution in [2.24, 2.45) is 0 Å². The van der Waals surface area contributed by atoms with Gasteiger partial charge in [0, 0.05) is 17.5 Å². The van der Waals surface area contributed by atoms with E-state index in [1.165, 1.54) is 4.90 Å². The molecule has 0 bridgehead atoms. The molecule has 1 unspecified atom stereocenters. The van der Waals surface area contributed by atoms with E-state index >= 15 is 0 Å². The molecule has 0 radical (unpaired) electrons. The number of carbonyl (C=O) groups is 2. The first-order valence-electron chi connectivity index (χ1n) is 11.0. The Labute approximate surface area is 198 Å². The lowest BCUT2D eigenvalue weighted by Gasteiger charge is -2.29. The molecule has 0 fully saturated rings. The van der Waals surface area contributed by atoms with Crippen LogP contribution in [0.3, 0.4) is 0 Å². The third kappa shape index (κ3) is 4.46. The summed E-state index contributed by atoms with van der Waals surface area (Å²) in [5.74, 6) is -1.22. The van der Waals surface area contributed by atoms with Gasteiger partial charge in [-0.2, -0.15) is 0 Å². The van der Waals surface area contributed by atoms with Gasteiger partial charge in [0.15, 0.2) is 6.04 Å². The summed E-state index contributed by atoms with van der Waals surface area (Å²) in [6, 6.07) is 20.1. The summed E-state index contributed by atoms with van der Waals surface area (Å²) >= 11 is 6.24. The summed E-state index contributed by atoms with van der Waals surface area (Å²) in [7, 11) is 0. The summed E-state index contributed by atoms with van der Waals surface area (Å²) in [6.07, 6.45) is -0.0593. The van der Waals surface area contributed by atoms with Gasteiger partial charge in [0.25, 0.3) is 0 Å². The van der Waals surface area contributed by atoms with Crippen LogP contribution in [0, 0.1) is 6.92 Å². The first kappa shape index (κ1) is 22.9. The molecule has 33 heavy (non-hydrogen) atoms. The number of amides is 1. The molecule has 0 aliphatic heterocycles. The number of carboxylic acids is 1. The Morgan fingerprint density at radius 3 is 2.18 bits per heavy atom. The number of benzene rings is 3. The zero-order valence-corrected chi connectivity index (χ0v) is 19.4. The van der Waals surface area contributed by atoms with Crippen molar-refractivity contribution in [3.05, 3.63) is 94.0 Å². The summed E-state index contributed by atoms with van der Waals surface area (Å²) < 4.78 is 5.75. The van der Waals surface area contributed by atoms with Gasteiger partial charge in [0.05, 0.1) is 0 Å². The molecule has 0 spiro atoms. The monoisotopic (exact) mass is 463 g/mol. The van der Waals surface area contributed by atoms with Crippen molar-refractivity contribution in [3.63, 3.8) is 0 Å². The van der Waals surface area contributed by atoms with Crippen LogP contribution in [0.1, 0.15) is 47.6 Å². The number of hydrogen-bond donors (Lipinski definition) is 1. The number of fused-ring (bicyclic) bond motifs is 3. The fourth-order valence-electron chi connectivity index (χ4n) is 4.48. The SMILES string of the molecule is CCCN(C(=O)OCC1c2ccccc2-c2ccccc21)C(C(=O)O)c1ccc(C)c(Cl)c1. The molecule has 170 valence electrons. The molecule has 0 saturated carbocycles. The number of aryl methyl sites for hydroxylation is 1. The summed E-state index contributed by atoms with van der Waals surface area (Å²) in [4.78, 5) is 26.7. The minimum atomic E-state index is -1.18. The number of aliphatic carboxylic acids is 1. The van der Waals surface area contributed by atoms with E-state index in [0.29, 0.717) is 17.0 Å². The van der Waals surface area contributed by atoms with Gasteiger partial charge < -0.3 is 9.84 Å². The molecule has 0 heterocycles.